The minimum absolute atomic E-state index is 0.310. The fraction of sp³-hybridized carbons (Fsp3) is 0.789. The Morgan fingerprint density at radius 3 is 2.70 bits per heavy atom. The highest BCUT2D eigenvalue weighted by Gasteiger charge is 2.53. The van der Waals surface area contributed by atoms with E-state index in [1.165, 1.54) is 25.7 Å². The molecule has 112 valence electrons. The van der Waals surface area contributed by atoms with E-state index in [1.807, 2.05) is 0 Å². The topological polar surface area (TPSA) is 20.2 Å². The van der Waals surface area contributed by atoms with E-state index in [-0.39, 0.29) is 0 Å². The van der Waals surface area contributed by atoms with Gasteiger partial charge in [-0.15, -0.1) is 0 Å². The molecular formula is C19H30O. The summed E-state index contributed by atoms with van der Waals surface area (Å²) in [5, 5.41) is 10.8. The molecule has 0 aromatic carbocycles. The predicted octanol–water partition coefficient (Wildman–Crippen LogP) is 4.87. The van der Waals surface area contributed by atoms with Crippen molar-refractivity contribution in [3.63, 3.8) is 0 Å². The van der Waals surface area contributed by atoms with Crippen molar-refractivity contribution < 1.29 is 5.11 Å². The van der Waals surface area contributed by atoms with Crippen molar-refractivity contribution in [3.8, 4) is 0 Å². The van der Waals surface area contributed by atoms with Gasteiger partial charge in [0.05, 0.1) is 5.60 Å². The average molecular weight is 274 g/mol. The Morgan fingerprint density at radius 1 is 1.25 bits per heavy atom. The maximum atomic E-state index is 10.8. The Kier molecular flexibility index (Phi) is 3.40. The largest absolute Gasteiger partial charge is 0.390 e. The Balaban J connectivity index is 1.97. The molecule has 3 aliphatic carbocycles. The summed E-state index contributed by atoms with van der Waals surface area (Å²) in [6.45, 7) is 9.15. The van der Waals surface area contributed by atoms with E-state index < -0.39 is 5.60 Å². The van der Waals surface area contributed by atoms with Crippen molar-refractivity contribution in [2.75, 3.05) is 0 Å². The molecule has 3 rings (SSSR count). The lowest BCUT2D eigenvalue weighted by atomic mass is 9.50. The number of hydrogen-bond acceptors (Lipinski definition) is 1. The third-order valence-electron chi connectivity index (χ3n) is 6.55. The van der Waals surface area contributed by atoms with E-state index in [0.29, 0.717) is 23.2 Å². The van der Waals surface area contributed by atoms with Gasteiger partial charge in [-0.2, -0.15) is 0 Å². The molecule has 20 heavy (non-hydrogen) atoms. The normalized spacial score (nSPS) is 44.5. The number of rotatable bonds is 1. The van der Waals surface area contributed by atoms with E-state index in [4.69, 9.17) is 0 Å². The number of hydrogen-bond donors (Lipinski definition) is 1. The molecule has 1 saturated carbocycles. The summed E-state index contributed by atoms with van der Waals surface area (Å²) >= 11 is 0. The lowest BCUT2D eigenvalue weighted by molar-refractivity contribution is -0.115. The zero-order chi connectivity index (χ0) is 14.5. The van der Waals surface area contributed by atoms with Gasteiger partial charge in [-0.25, -0.2) is 0 Å². The molecule has 0 heterocycles. The van der Waals surface area contributed by atoms with Gasteiger partial charge in [0.25, 0.3) is 0 Å². The minimum atomic E-state index is -0.461. The van der Waals surface area contributed by atoms with Gasteiger partial charge in [0.2, 0.25) is 0 Å². The van der Waals surface area contributed by atoms with Crippen LogP contribution in [0.4, 0.5) is 0 Å². The van der Waals surface area contributed by atoms with Gasteiger partial charge in [0, 0.05) is 0 Å². The Labute approximate surface area is 124 Å². The summed E-state index contributed by atoms with van der Waals surface area (Å²) < 4.78 is 0. The number of aliphatic hydroxyl groups is 1. The van der Waals surface area contributed by atoms with Crippen molar-refractivity contribution in [2.24, 2.45) is 23.2 Å². The fourth-order valence-electron chi connectivity index (χ4n) is 5.31. The van der Waals surface area contributed by atoms with Crippen LogP contribution in [-0.2, 0) is 0 Å². The second-order valence-electron chi connectivity index (χ2n) is 8.17. The van der Waals surface area contributed by atoms with Crippen LogP contribution in [0.15, 0.2) is 23.3 Å². The molecule has 1 heteroatoms. The van der Waals surface area contributed by atoms with Gasteiger partial charge in [0.15, 0.2) is 0 Å². The molecule has 0 aromatic rings. The quantitative estimate of drug-likeness (QED) is 0.723. The molecule has 0 aliphatic heterocycles. The molecule has 4 atom stereocenters. The summed E-state index contributed by atoms with van der Waals surface area (Å²) in [5.74, 6) is 1.80. The Morgan fingerprint density at radius 2 is 2.00 bits per heavy atom. The van der Waals surface area contributed by atoms with Crippen molar-refractivity contribution in [2.45, 2.75) is 71.8 Å². The van der Waals surface area contributed by atoms with Crippen LogP contribution in [0, 0.1) is 23.2 Å². The molecule has 1 N–H and O–H groups in total. The molecule has 4 unspecified atom stereocenters. The summed E-state index contributed by atoms with van der Waals surface area (Å²) in [6.07, 6.45) is 12.0. The highest BCUT2D eigenvalue weighted by atomic mass is 16.3. The van der Waals surface area contributed by atoms with Crippen LogP contribution in [0.5, 0.6) is 0 Å². The lowest BCUT2D eigenvalue weighted by Crippen LogP contribution is -2.53. The van der Waals surface area contributed by atoms with Crippen molar-refractivity contribution >= 4 is 0 Å². The second-order valence-corrected chi connectivity index (χ2v) is 8.17. The van der Waals surface area contributed by atoms with E-state index >= 15 is 0 Å². The monoisotopic (exact) mass is 274 g/mol. The highest BCUT2D eigenvalue weighted by Crippen LogP contribution is 2.59. The first-order chi connectivity index (χ1) is 9.34. The van der Waals surface area contributed by atoms with Gasteiger partial charge in [-0.1, -0.05) is 44.9 Å². The zero-order valence-electron chi connectivity index (χ0n) is 13.6. The molecule has 1 fully saturated rings. The van der Waals surface area contributed by atoms with Crippen molar-refractivity contribution in [1.82, 2.24) is 0 Å². The average Bonchev–Trinajstić information content (AvgIpc) is 2.37. The Hall–Kier alpha value is -0.560. The van der Waals surface area contributed by atoms with Crippen LogP contribution in [-0.4, -0.2) is 10.7 Å². The first-order valence-electron chi connectivity index (χ1n) is 8.47. The van der Waals surface area contributed by atoms with Crippen LogP contribution in [0.1, 0.15) is 66.2 Å². The summed E-state index contributed by atoms with van der Waals surface area (Å²) in [7, 11) is 0. The third kappa shape index (κ3) is 2.09. The molecule has 0 spiro atoms. The van der Waals surface area contributed by atoms with Gasteiger partial charge in [-0.3, -0.25) is 0 Å². The summed E-state index contributed by atoms with van der Waals surface area (Å²) in [5.41, 5.74) is 3.05. The molecule has 3 aliphatic rings. The predicted molar refractivity (Wildman–Crippen MR) is 84.4 cm³/mol. The Bertz CT molecular complexity index is 454. The molecule has 1 nitrogen and oxygen atoms in total. The molecule has 0 saturated heterocycles. The molecular weight excluding hydrogens is 244 g/mol. The van der Waals surface area contributed by atoms with E-state index in [1.54, 1.807) is 11.1 Å². The highest BCUT2D eigenvalue weighted by molar-refractivity contribution is 5.35. The zero-order valence-corrected chi connectivity index (χ0v) is 13.6. The SMILES string of the molecule is CC(C)C1=CC2=CCC3C(C)(O)CCCC3(C)C2CC1. The third-order valence-corrected chi connectivity index (χ3v) is 6.55. The molecule has 0 aromatic heterocycles. The first-order valence-corrected chi connectivity index (χ1v) is 8.47. The summed E-state index contributed by atoms with van der Waals surface area (Å²) in [6, 6.07) is 0. The van der Waals surface area contributed by atoms with Crippen molar-refractivity contribution in [1.29, 1.82) is 0 Å². The van der Waals surface area contributed by atoms with Crippen LogP contribution in [0.25, 0.3) is 0 Å². The summed E-state index contributed by atoms with van der Waals surface area (Å²) in [4.78, 5) is 0. The van der Waals surface area contributed by atoms with Crippen LogP contribution in [0.2, 0.25) is 0 Å². The standard InChI is InChI=1S/C19H30O/c1-13(2)14-6-8-16-15(12-14)7-9-17-18(16,3)10-5-11-19(17,4)20/h7,12-13,16-17,20H,5-6,8-11H2,1-4H3. The first kappa shape index (κ1) is 14.4. The fourth-order valence-corrected chi connectivity index (χ4v) is 5.31. The minimum Gasteiger partial charge on any atom is -0.390 e. The van der Waals surface area contributed by atoms with E-state index in [9.17, 15) is 5.11 Å². The van der Waals surface area contributed by atoms with Gasteiger partial charge >= 0.3 is 0 Å². The van der Waals surface area contributed by atoms with Gasteiger partial charge in [0.1, 0.15) is 0 Å². The molecule has 0 amide bonds. The van der Waals surface area contributed by atoms with Gasteiger partial charge in [-0.05, 0) is 67.8 Å². The van der Waals surface area contributed by atoms with Crippen LogP contribution in [0.3, 0.4) is 0 Å². The van der Waals surface area contributed by atoms with Crippen LogP contribution >= 0.6 is 0 Å². The second kappa shape index (κ2) is 4.73. The number of allylic oxidation sites excluding steroid dienone is 4. The lowest BCUT2D eigenvalue weighted by Gasteiger charge is -2.56. The molecule has 0 bridgehead atoms. The van der Waals surface area contributed by atoms with Gasteiger partial charge < -0.3 is 5.11 Å². The number of fused-ring (bicyclic) bond motifs is 3. The molecule has 0 radical (unpaired) electrons. The van der Waals surface area contributed by atoms with E-state index in [0.717, 1.165) is 12.8 Å². The maximum Gasteiger partial charge on any atom is 0.0656 e. The van der Waals surface area contributed by atoms with Crippen LogP contribution < -0.4 is 0 Å². The maximum absolute atomic E-state index is 10.8. The van der Waals surface area contributed by atoms with Crippen molar-refractivity contribution in [3.05, 3.63) is 23.3 Å². The van der Waals surface area contributed by atoms with E-state index in [2.05, 4.69) is 39.8 Å². The smallest absolute Gasteiger partial charge is 0.0656 e.